The van der Waals surface area contributed by atoms with E-state index >= 15 is 0 Å². The first kappa shape index (κ1) is 10.7. The van der Waals surface area contributed by atoms with Gasteiger partial charge < -0.3 is 5.11 Å². The predicted molar refractivity (Wildman–Crippen MR) is 62.7 cm³/mol. The lowest BCUT2D eigenvalue weighted by Crippen LogP contribution is -1.95. The number of phenolic OH excluding ortho intramolecular Hbond substituents is 1. The van der Waals surface area contributed by atoms with Crippen LogP contribution in [0.3, 0.4) is 0 Å². The van der Waals surface area contributed by atoms with Gasteiger partial charge in [-0.2, -0.15) is 4.39 Å². The summed E-state index contributed by atoms with van der Waals surface area (Å²) < 4.78 is 27.9. The van der Waals surface area contributed by atoms with Gasteiger partial charge in [0.2, 0.25) is 0 Å². The third kappa shape index (κ3) is 1.52. The Morgan fingerprint density at radius 3 is 2.67 bits per heavy atom. The standard InChI is InChI=1S/C13H8F2N2O/c14-9-5-8(6-12(18)13(9)15)17-7-16-10-3-1-2-4-11(10)17/h1-7,18H. The van der Waals surface area contributed by atoms with E-state index in [1.54, 1.807) is 10.6 Å². The number of rotatable bonds is 1. The van der Waals surface area contributed by atoms with E-state index in [9.17, 15) is 13.9 Å². The first-order valence-corrected chi connectivity index (χ1v) is 5.27. The van der Waals surface area contributed by atoms with Crippen molar-refractivity contribution in [3.05, 3.63) is 54.4 Å². The maximum atomic E-state index is 13.3. The van der Waals surface area contributed by atoms with Gasteiger partial charge in [0.05, 0.1) is 16.7 Å². The van der Waals surface area contributed by atoms with Crippen LogP contribution in [0.4, 0.5) is 8.78 Å². The SMILES string of the molecule is Oc1cc(-n2cnc3ccccc32)cc(F)c1F. The normalized spacial score (nSPS) is 11.0. The second-order valence-corrected chi connectivity index (χ2v) is 3.86. The Balaban J connectivity index is 2.26. The Labute approximate surface area is 101 Å². The Bertz CT molecular complexity index is 714. The zero-order chi connectivity index (χ0) is 12.7. The van der Waals surface area contributed by atoms with E-state index < -0.39 is 17.4 Å². The fourth-order valence-corrected chi connectivity index (χ4v) is 1.86. The van der Waals surface area contributed by atoms with E-state index in [1.165, 1.54) is 6.33 Å². The summed E-state index contributed by atoms with van der Waals surface area (Å²) in [4.78, 5) is 4.14. The quantitative estimate of drug-likeness (QED) is 0.716. The topological polar surface area (TPSA) is 38.0 Å². The molecule has 0 aliphatic carbocycles. The molecule has 3 nitrogen and oxygen atoms in total. The van der Waals surface area contributed by atoms with Crippen molar-refractivity contribution < 1.29 is 13.9 Å². The van der Waals surface area contributed by atoms with Gasteiger partial charge in [0.15, 0.2) is 17.4 Å². The van der Waals surface area contributed by atoms with Crippen LogP contribution in [0.2, 0.25) is 0 Å². The molecule has 90 valence electrons. The summed E-state index contributed by atoms with van der Waals surface area (Å²) in [7, 11) is 0. The molecular formula is C13H8F2N2O. The van der Waals surface area contributed by atoms with Crippen molar-refractivity contribution in [2.45, 2.75) is 0 Å². The number of para-hydroxylation sites is 2. The molecule has 0 spiro atoms. The van der Waals surface area contributed by atoms with Crippen LogP contribution in [0.1, 0.15) is 0 Å². The minimum absolute atomic E-state index is 0.320. The molecule has 0 saturated carbocycles. The number of benzene rings is 2. The number of phenols is 1. The molecule has 3 aromatic rings. The molecule has 18 heavy (non-hydrogen) atoms. The van der Waals surface area contributed by atoms with Crippen LogP contribution in [-0.2, 0) is 0 Å². The van der Waals surface area contributed by atoms with E-state index in [4.69, 9.17) is 0 Å². The smallest absolute Gasteiger partial charge is 0.200 e. The van der Waals surface area contributed by atoms with Gasteiger partial charge in [-0.15, -0.1) is 0 Å². The zero-order valence-corrected chi connectivity index (χ0v) is 9.14. The molecule has 0 amide bonds. The van der Waals surface area contributed by atoms with Crippen molar-refractivity contribution in [1.82, 2.24) is 9.55 Å². The molecule has 1 N–H and O–H groups in total. The Morgan fingerprint density at radius 1 is 1.11 bits per heavy atom. The van der Waals surface area contributed by atoms with Gasteiger partial charge in [-0.1, -0.05) is 12.1 Å². The highest BCUT2D eigenvalue weighted by atomic mass is 19.2. The predicted octanol–water partition coefficient (Wildman–Crippen LogP) is 3.01. The van der Waals surface area contributed by atoms with Crippen LogP contribution in [-0.4, -0.2) is 14.7 Å². The Morgan fingerprint density at radius 2 is 1.89 bits per heavy atom. The number of hydrogen-bond acceptors (Lipinski definition) is 2. The first-order chi connectivity index (χ1) is 8.66. The number of hydrogen-bond donors (Lipinski definition) is 1. The highest BCUT2D eigenvalue weighted by molar-refractivity contribution is 5.77. The van der Waals surface area contributed by atoms with Crippen LogP contribution in [0.5, 0.6) is 5.75 Å². The number of aromatic nitrogens is 2. The van der Waals surface area contributed by atoms with E-state index in [0.717, 1.165) is 23.2 Å². The van der Waals surface area contributed by atoms with Crippen LogP contribution >= 0.6 is 0 Å². The average molecular weight is 246 g/mol. The van der Waals surface area contributed by atoms with Gasteiger partial charge in [0.1, 0.15) is 6.33 Å². The van der Waals surface area contributed by atoms with Crippen molar-refractivity contribution in [1.29, 1.82) is 0 Å². The Kier molecular flexibility index (Phi) is 2.26. The number of imidazole rings is 1. The molecule has 0 radical (unpaired) electrons. The molecule has 2 aromatic carbocycles. The Hall–Kier alpha value is -2.43. The number of nitrogens with zero attached hydrogens (tertiary/aromatic N) is 2. The molecular weight excluding hydrogens is 238 g/mol. The third-order valence-electron chi connectivity index (χ3n) is 2.73. The lowest BCUT2D eigenvalue weighted by atomic mass is 10.2. The number of halogens is 2. The summed E-state index contributed by atoms with van der Waals surface area (Å²) >= 11 is 0. The maximum Gasteiger partial charge on any atom is 0.200 e. The fourth-order valence-electron chi connectivity index (χ4n) is 1.86. The van der Waals surface area contributed by atoms with Crippen molar-refractivity contribution in [3.8, 4) is 11.4 Å². The van der Waals surface area contributed by atoms with Gasteiger partial charge in [0.25, 0.3) is 0 Å². The molecule has 0 aliphatic heterocycles. The third-order valence-corrected chi connectivity index (χ3v) is 2.73. The molecule has 0 saturated heterocycles. The lowest BCUT2D eigenvalue weighted by Gasteiger charge is -2.06. The van der Waals surface area contributed by atoms with Gasteiger partial charge in [-0.3, -0.25) is 4.57 Å². The van der Waals surface area contributed by atoms with Crippen LogP contribution in [0.15, 0.2) is 42.7 Å². The van der Waals surface area contributed by atoms with E-state index in [-0.39, 0.29) is 0 Å². The molecule has 5 heteroatoms. The van der Waals surface area contributed by atoms with Gasteiger partial charge in [-0.25, -0.2) is 9.37 Å². The van der Waals surface area contributed by atoms with Gasteiger partial charge >= 0.3 is 0 Å². The molecule has 0 fully saturated rings. The van der Waals surface area contributed by atoms with Crippen molar-refractivity contribution in [2.24, 2.45) is 0 Å². The summed E-state index contributed by atoms with van der Waals surface area (Å²) in [5.41, 5.74) is 1.81. The van der Waals surface area contributed by atoms with Gasteiger partial charge in [-0.05, 0) is 12.1 Å². The molecule has 3 rings (SSSR count). The summed E-state index contributed by atoms with van der Waals surface area (Å²) in [6, 6.07) is 9.45. The second-order valence-electron chi connectivity index (χ2n) is 3.86. The largest absolute Gasteiger partial charge is 0.505 e. The van der Waals surface area contributed by atoms with Gasteiger partial charge in [0, 0.05) is 12.1 Å². The van der Waals surface area contributed by atoms with Crippen molar-refractivity contribution in [2.75, 3.05) is 0 Å². The van der Waals surface area contributed by atoms with Crippen LogP contribution in [0, 0.1) is 11.6 Å². The lowest BCUT2D eigenvalue weighted by molar-refractivity contribution is 0.406. The van der Waals surface area contributed by atoms with Crippen molar-refractivity contribution >= 4 is 11.0 Å². The maximum absolute atomic E-state index is 13.3. The summed E-state index contributed by atoms with van der Waals surface area (Å²) in [6.45, 7) is 0. The fraction of sp³-hybridized carbons (Fsp3) is 0. The highest BCUT2D eigenvalue weighted by Crippen LogP contribution is 2.25. The molecule has 0 unspecified atom stereocenters. The summed E-state index contributed by atoms with van der Waals surface area (Å²) in [5.74, 6) is -3.06. The molecule has 1 heterocycles. The van der Waals surface area contributed by atoms with E-state index in [0.29, 0.717) is 5.69 Å². The highest BCUT2D eigenvalue weighted by Gasteiger charge is 2.12. The number of aromatic hydroxyl groups is 1. The number of fused-ring (bicyclic) bond motifs is 1. The molecule has 0 aliphatic rings. The van der Waals surface area contributed by atoms with Crippen LogP contribution in [0.25, 0.3) is 16.7 Å². The summed E-state index contributed by atoms with van der Waals surface area (Å²) in [5, 5.41) is 9.30. The summed E-state index contributed by atoms with van der Waals surface area (Å²) in [6.07, 6.45) is 1.50. The molecule has 0 atom stereocenters. The van der Waals surface area contributed by atoms with Crippen molar-refractivity contribution in [3.63, 3.8) is 0 Å². The van der Waals surface area contributed by atoms with Crippen LogP contribution < -0.4 is 0 Å². The van der Waals surface area contributed by atoms with E-state index in [1.807, 2.05) is 18.2 Å². The minimum atomic E-state index is -1.25. The van der Waals surface area contributed by atoms with E-state index in [2.05, 4.69) is 4.98 Å². The second kappa shape index (κ2) is 3.80. The monoisotopic (exact) mass is 246 g/mol. The molecule has 1 aromatic heterocycles. The molecule has 0 bridgehead atoms. The first-order valence-electron chi connectivity index (χ1n) is 5.27. The average Bonchev–Trinajstić information content (AvgIpc) is 2.79. The zero-order valence-electron chi connectivity index (χ0n) is 9.14. The minimum Gasteiger partial charge on any atom is -0.505 e.